The van der Waals surface area contributed by atoms with Crippen molar-refractivity contribution in [3.05, 3.63) is 53.8 Å². The van der Waals surface area contributed by atoms with E-state index < -0.39 is 17.5 Å². The Morgan fingerprint density at radius 3 is 2.10 bits per heavy atom. The first-order valence-electron chi connectivity index (χ1n) is 11.4. The van der Waals surface area contributed by atoms with Crippen LogP contribution in [-0.4, -0.2) is 44.2 Å². The fraction of sp³-hybridized carbons (Fsp3) is 0.520. The van der Waals surface area contributed by atoms with Crippen LogP contribution in [0.2, 0.25) is 0 Å². The normalized spacial score (nSPS) is 14.7. The van der Waals surface area contributed by atoms with Crippen LogP contribution < -0.4 is 10.1 Å². The van der Waals surface area contributed by atoms with Crippen molar-refractivity contribution in [3.63, 3.8) is 0 Å². The topological polar surface area (TPSA) is 24.5 Å². The van der Waals surface area contributed by atoms with Crippen LogP contribution in [0.4, 0.5) is 13.2 Å². The third kappa shape index (κ3) is 7.54. The van der Waals surface area contributed by atoms with Gasteiger partial charge in [0.2, 0.25) is 0 Å². The highest BCUT2D eigenvalue weighted by Gasteiger charge is 2.15. The quantitative estimate of drug-likeness (QED) is 0.428. The maximum Gasteiger partial charge on any atom is 0.134 e. The van der Waals surface area contributed by atoms with E-state index in [-0.39, 0.29) is 11.1 Å². The summed E-state index contributed by atoms with van der Waals surface area (Å²) in [6.07, 6.45) is 8.24. The van der Waals surface area contributed by atoms with Crippen molar-refractivity contribution in [2.75, 3.05) is 39.3 Å². The number of hydrogen-bond donors (Lipinski definition) is 1. The minimum atomic E-state index is -0.781. The standard InChI is InChI=1S/C25H33F3N2O/c26-22-9-8-10-23(27)25(22)21-12-11-20(19-24(21)28)31-18-7-5-3-1-2-4-6-15-30-16-13-29-14-17-30/h8-12,19,29H,1-7,13-18H2. The van der Waals surface area contributed by atoms with Crippen molar-refractivity contribution in [2.24, 2.45) is 0 Å². The summed E-state index contributed by atoms with van der Waals surface area (Å²) in [5, 5.41) is 3.38. The zero-order chi connectivity index (χ0) is 21.9. The Balaban J connectivity index is 1.27. The zero-order valence-corrected chi connectivity index (χ0v) is 18.1. The predicted molar refractivity (Wildman–Crippen MR) is 119 cm³/mol. The Morgan fingerprint density at radius 1 is 0.774 bits per heavy atom. The van der Waals surface area contributed by atoms with Gasteiger partial charge in [-0.05, 0) is 43.7 Å². The highest BCUT2D eigenvalue weighted by atomic mass is 19.1. The van der Waals surface area contributed by atoms with E-state index in [1.165, 1.54) is 69.9 Å². The maximum atomic E-state index is 14.4. The molecule has 1 heterocycles. The summed E-state index contributed by atoms with van der Waals surface area (Å²) in [5.74, 6) is -1.87. The molecule has 0 bridgehead atoms. The molecule has 0 aliphatic carbocycles. The van der Waals surface area contributed by atoms with Gasteiger partial charge in [0.15, 0.2) is 0 Å². The molecular weight excluding hydrogens is 401 g/mol. The molecule has 1 aliphatic rings. The molecule has 0 saturated carbocycles. The SMILES string of the molecule is Fc1cc(OCCCCCCCCCN2CCNCC2)ccc1-c1c(F)cccc1F. The van der Waals surface area contributed by atoms with E-state index >= 15 is 0 Å². The first-order valence-corrected chi connectivity index (χ1v) is 11.4. The molecule has 3 nitrogen and oxygen atoms in total. The molecule has 0 aromatic heterocycles. The number of rotatable bonds is 12. The lowest BCUT2D eigenvalue weighted by atomic mass is 10.0. The molecule has 0 radical (unpaired) electrons. The van der Waals surface area contributed by atoms with Gasteiger partial charge in [-0.2, -0.15) is 0 Å². The molecule has 1 saturated heterocycles. The molecule has 0 unspecified atom stereocenters. The Labute approximate surface area is 183 Å². The summed E-state index contributed by atoms with van der Waals surface area (Å²) >= 11 is 0. The minimum absolute atomic E-state index is 0.0973. The predicted octanol–water partition coefficient (Wildman–Crippen LogP) is 5.79. The van der Waals surface area contributed by atoms with Crippen LogP contribution in [0, 0.1) is 17.5 Å². The number of piperazine rings is 1. The van der Waals surface area contributed by atoms with Crippen molar-refractivity contribution in [1.82, 2.24) is 10.2 Å². The molecule has 1 fully saturated rings. The van der Waals surface area contributed by atoms with Crippen molar-refractivity contribution >= 4 is 0 Å². The summed E-state index contributed by atoms with van der Waals surface area (Å²) in [6, 6.07) is 7.62. The van der Waals surface area contributed by atoms with Crippen LogP contribution in [0.5, 0.6) is 5.75 Å². The first kappa shape index (κ1) is 23.6. The van der Waals surface area contributed by atoms with Gasteiger partial charge >= 0.3 is 0 Å². The molecule has 170 valence electrons. The van der Waals surface area contributed by atoms with E-state index in [9.17, 15) is 13.2 Å². The number of hydrogen-bond acceptors (Lipinski definition) is 3. The second-order valence-electron chi connectivity index (χ2n) is 8.15. The van der Waals surface area contributed by atoms with E-state index in [0.717, 1.165) is 38.1 Å². The summed E-state index contributed by atoms with van der Waals surface area (Å²) in [6.45, 7) is 6.30. The molecular formula is C25H33F3N2O. The van der Waals surface area contributed by atoms with E-state index in [2.05, 4.69) is 10.2 Å². The van der Waals surface area contributed by atoms with Crippen LogP contribution >= 0.6 is 0 Å². The molecule has 2 aromatic rings. The van der Waals surface area contributed by atoms with Gasteiger partial charge < -0.3 is 15.0 Å². The monoisotopic (exact) mass is 434 g/mol. The van der Waals surface area contributed by atoms with Gasteiger partial charge in [-0.3, -0.25) is 0 Å². The number of unbranched alkanes of at least 4 members (excludes halogenated alkanes) is 6. The summed E-state index contributed by atoms with van der Waals surface area (Å²) in [7, 11) is 0. The summed E-state index contributed by atoms with van der Waals surface area (Å²) in [5.41, 5.74) is -0.445. The fourth-order valence-corrected chi connectivity index (χ4v) is 3.99. The molecule has 2 aromatic carbocycles. The van der Waals surface area contributed by atoms with Crippen molar-refractivity contribution in [1.29, 1.82) is 0 Å². The maximum absolute atomic E-state index is 14.4. The Hall–Kier alpha value is -2.05. The van der Waals surface area contributed by atoms with Gasteiger partial charge in [0.1, 0.15) is 23.2 Å². The molecule has 0 atom stereocenters. The summed E-state index contributed by atoms with van der Waals surface area (Å²) < 4.78 is 47.7. The second kappa shape index (κ2) is 12.7. The van der Waals surface area contributed by atoms with E-state index in [1.54, 1.807) is 6.07 Å². The highest BCUT2D eigenvalue weighted by Crippen LogP contribution is 2.30. The number of nitrogens with zero attached hydrogens (tertiary/aromatic N) is 1. The molecule has 1 N–H and O–H groups in total. The number of nitrogens with one attached hydrogen (secondary N) is 1. The van der Waals surface area contributed by atoms with Crippen molar-refractivity contribution in [2.45, 2.75) is 44.9 Å². The zero-order valence-electron chi connectivity index (χ0n) is 18.1. The third-order valence-electron chi connectivity index (χ3n) is 5.77. The van der Waals surface area contributed by atoms with Crippen LogP contribution in [0.25, 0.3) is 11.1 Å². The highest BCUT2D eigenvalue weighted by molar-refractivity contribution is 5.66. The largest absolute Gasteiger partial charge is 0.493 e. The van der Waals surface area contributed by atoms with E-state index in [4.69, 9.17) is 4.74 Å². The lowest BCUT2D eigenvalue weighted by Crippen LogP contribution is -2.43. The van der Waals surface area contributed by atoms with Crippen LogP contribution in [0.3, 0.4) is 0 Å². The van der Waals surface area contributed by atoms with Crippen molar-refractivity contribution in [3.8, 4) is 16.9 Å². The lowest BCUT2D eigenvalue weighted by molar-refractivity contribution is 0.236. The molecule has 3 rings (SSSR count). The van der Waals surface area contributed by atoms with Crippen molar-refractivity contribution < 1.29 is 17.9 Å². The molecule has 1 aliphatic heterocycles. The van der Waals surface area contributed by atoms with Crippen LogP contribution in [-0.2, 0) is 0 Å². The Morgan fingerprint density at radius 2 is 1.42 bits per heavy atom. The molecule has 0 spiro atoms. The second-order valence-corrected chi connectivity index (χ2v) is 8.15. The van der Waals surface area contributed by atoms with Crippen LogP contribution in [0.1, 0.15) is 44.9 Å². The summed E-state index contributed by atoms with van der Waals surface area (Å²) in [4.78, 5) is 2.54. The average Bonchev–Trinajstić information content (AvgIpc) is 2.77. The van der Waals surface area contributed by atoms with Crippen LogP contribution in [0.15, 0.2) is 36.4 Å². The molecule has 0 amide bonds. The molecule has 31 heavy (non-hydrogen) atoms. The smallest absolute Gasteiger partial charge is 0.134 e. The first-order chi connectivity index (χ1) is 15.1. The van der Waals surface area contributed by atoms with E-state index in [0.29, 0.717) is 12.4 Å². The molecule has 6 heteroatoms. The average molecular weight is 435 g/mol. The minimum Gasteiger partial charge on any atom is -0.493 e. The van der Waals surface area contributed by atoms with Gasteiger partial charge in [-0.15, -0.1) is 0 Å². The van der Waals surface area contributed by atoms with Gasteiger partial charge in [0.05, 0.1) is 12.2 Å². The van der Waals surface area contributed by atoms with Gasteiger partial charge in [0.25, 0.3) is 0 Å². The van der Waals surface area contributed by atoms with E-state index in [1.807, 2.05) is 0 Å². The fourth-order valence-electron chi connectivity index (χ4n) is 3.99. The van der Waals surface area contributed by atoms with Gasteiger partial charge in [-0.1, -0.05) is 38.2 Å². The lowest BCUT2D eigenvalue weighted by Gasteiger charge is -2.27. The number of halogens is 3. The van der Waals surface area contributed by atoms with Gasteiger partial charge in [-0.25, -0.2) is 13.2 Å². The Bertz CT molecular complexity index is 789. The number of ether oxygens (including phenoxy) is 1. The number of benzene rings is 2. The Kier molecular flexibility index (Phi) is 9.69. The third-order valence-corrected chi connectivity index (χ3v) is 5.77. The van der Waals surface area contributed by atoms with Gasteiger partial charge in [0, 0.05) is 37.8 Å².